The molecular formula is C12H21N3O2. The fraction of sp³-hybridized carbons (Fsp3) is 0.750. The van der Waals surface area contributed by atoms with E-state index in [1.807, 2.05) is 20.8 Å². The summed E-state index contributed by atoms with van der Waals surface area (Å²) < 4.78 is 0. The zero-order valence-corrected chi connectivity index (χ0v) is 10.8. The van der Waals surface area contributed by atoms with Crippen LogP contribution in [0.3, 0.4) is 0 Å². The first-order valence-electron chi connectivity index (χ1n) is 6.04. The van der Waals surface area contributed by atoms with Crippen LogP contribution in [0.1, 0.15) is 40.0 Å². The summed E-state index contributed by atoms with van der Waals surface area (Å²) in [4.78, 5) is 24.9. The average molecular weight is 239 g/mol. The Bertz CT molecular complexity index is 297. The molecule has 0 rings (SSSR count). The number of hydrogen-bond donors (Lipinski definition) is 1. The molecule has 0 aromatic rings. The van der Waals surface area contributed by atoms with Crippen molar-refractivity contribution in [3.8, 4) is 6.07 Å². The van der Waals surface area contributed by atoms with E-state index in [1.54, 1.807) is 11.0 Å². The molecule has 0 saturated heterocycles. The Balaban J connectivity index is 4.51. The van der Waals surface area contributed by atoms with Crippen molar-refractivity contribution in [3.05, 3.63) is 0 Å². The van der Waals surface area contributed by atoms with Gasteiger partial charge < -0.3 is 10.2 Å². The molecule has 5 heteroatoms. The Hall–Kier alpha value is -1.57. The molecule has 0 aromatic heterocycles. The maximum absolute atomic E-state index is 11.9. The third-order valence-electron chi connectivity index (χ3n) is 2.66. The highest BCUT2D eigenvalue weighted by Gasteiger charge is 2.24. The van der Waals surface area contributed by atoms with Crippen LogP contribution in [-0.2, 0) is 9.59 Å². The summed E-state index contributed by atoms with van der Waals surface area (Å²) >= 11 is 0. The molecule has 0 aliphatic heterocycles. The lowest BCUT2D eigenvalue weighted by Crippen LogP contribution is -2.47. The summed E-state index contributed by atoms with van der Waals surface area (Å²) in [6.07, 6.45) is 2.66. The van der Waals surface area contributed by atoms with Crippen molar-refractivity contribution in [2.24, 2.45) is 0 Å². The van der Waals surface area contributed by atoms with E-state index in [1.165, 1.54) is 0 Å². The normalized spacial score (nSPS) is 11.4. The van der Waals surface area contributed by atoms with E-state index in [2.05, 4.69) is 5.32 Å². The van der Waals surface area contributed by atoms with Crippen LogP contribution < -0.4 is 5.32 Å². The minimum absolute atomic E-state index is 0.0434. The number of carbonyl (C=O) groups is 2. The molecule has 0 heterocycles. The molecule has 5 nitrogen and oxygen atoms in total. The van der Waals surface area contributed by atoms with Crippen LogP contribution in [-0.4, -0.2) is 35.8 Å². The van der Waals surface area contributed by atoms with Crippen molar-refractivity contribution < 1.29 is 9.59 Å². The quantitative estimate of drug-likeness (QED) is 0.556. The molecular weight excluding hydrogens is 218 g/mol. The van der Waals surface area contributed by atoms with Gasteiger partial charge in [0.15, 0.2) is 0 Å². The summed E-state index contributed by atoms with van der Waals surface area (Å²) in [6.45, 7) is 6.39. The van der Waals surface area contributed by atoms with Gasteiger partial charge in [0, 0.05) is 12.6 Å². The topological polar surface area (TPSA) is 73.2 Å². The first-order chi connectivity index (χ1) is 8.08. The van der Waals surface area contributed by atoms with Crippen molar-refractivity contribution in [2.45, 2.75) is 46.1 Å². The molecule has 2 amide bonds. The minimum Gasteiger partial charge on any atom is -0.335 e. The lowest BCUT2D eigenvalue weighted by atomic mass is 10.2. The number of carbonyl (C=O) groups excluding carboxylic acids is 2. The fourth-order valence-corrected chi connectivity index (χ4v) is 1.40. The van der Waals surface area contributed by atoms with Gasteiger partial charge in [0.25, 0.3) is 0 Å². The third kappa shape index (κ3) is 5.34. The first-order valence-corrected chi connectivity index (χ1v) is 6.04. The molecule has 0 aromatic carbocycles. The lowest BCUT2D eigenvalue weighted by molar-refractivity contribution is -0.147. The Morgan fingerprint density at radius 3 is 2.53 bits per heavy atom. The second-order valence-electron chi connectivity index (χ2n) is 3.95. The van der Waals surface area contributed by atoms with Crippen LogP contribution in [0.4, 0.5) is 0 Å². The number of nitrogens with zero attached hydrogens (tertiary/aromatic N) is 2. The number of hydrogen-bond acceptors (Lipinski definition) is 3. The van der Waals surface area contributed by atoms with E-state index in [9.17, 15) is 9.59 Å². The van der Waals surface area contributed by atoms with Crippen LogP contribution in [0.5, 0.6) is 0 Å². The maximum atomic E-state index is 11.9. The van der Waals surface area contributed by atoms with Gasteiger partial charge in [-0.2, -0.15) is 5.26 Å². The number of amides is 2. The van der Waals surface area contributed by atoms with Gasteiger partial charge in [-0.05, 0) is 19.8 Å². The molecule has 0 saturated carbocycles. The SMILES string of the molecule is CCCCN(C(=O)C(=O)NCC#N)C(C)CC. The molecule has 0 fully saturated rings. The zero-order valence-electron chi connectivity index (χ0n) is 10.8. The molecule has 0 aliphatic rings. The monoisotopic (exact) mass is 239 g/mol. The van der Waals surface area contributed by atoms with E-state index in [0.717, 1.165) is 19.3 Å². The summed E-state index contributed by atoms with van der Waals surface area (Å²) in [6, 6.07) is 1.82. The van der Waals surface area contributed by atoms with Gasteiger partial charge in [0.1, 0.15) is 6.54 Å². The standard InChI is InChI=1S/C12H21N3O2/c1-4-6-9-15(10(3)5-2)12(17)11(16)14-8-7-13/h10H,4-6,8-9H2,1-3H3,(H,14,16). The fourth-order valence-electron chi connectivity index (χ4n) is 1.40. The average Bonchev–Trinajstić information content (AvgIpc) is 2.35. The van der Waals surface area contributed by atoms with E-state index in [-0.39, 0.29) is 12.6 Å². The van der Waals surface area contributed by atoms with E-state index in [0.29, 0.717) is 6.54 Å². The number of nitriles is 1. The van der Waals surface area contributed by atoms with Crippen LogP contribution >= 0.6 is 0 Å². The zero-order chi connectivity index (χ0) is 13.3. The van der Waals surface area contributed by atoms with Crippen molar-refractivity contribution >= 4 is 11.8 Å². The van der Waals surface area contributed by atoms with Gasteiger partial charge in [-0.25, -0.2) is 0 Å². The summed E-state index contributed by atoms with van der Waals surface area (Å²) in [5, 5.41) is 10.6. The van der Waals surface area contributed by atoms with Crippen LogP contribution in [0.25, 0.3) is 0 Å². The maximum Gasteiger partial charge on any atom is 0.312 e. The van der Waals surface area contributed by atoms with Gasteiger partial charge >= 0.3 is 11.8 Å². The number of nitrogens with one attached hydrogen (secondary N) is 1. The Morgan fingerprint density at radius 1 is 1.41 bits per heavy atom. The second-order valence-corrected chi connectivity index (χ2v) is 3.95. The number of rotatable bonds is 6. The minimum atomic E-state index is -0.692. The van der Waals surface area contributed by atoms with Gasteiger partial charge in [0.05, 0.1) is 6.07 Å². The second kappa shape index (κ2) is 8.57. The van der Waals surface area contributed by atoms with Gasteiger partial charge in [0.2, 0.25) is 0 Å². The van der Waals surface area contributed by atoms with Crippen molar-refractivity contribution in [1.29, 1.82) is 5.26 Å². The molecule has 17 heavy (non-hydrogen) atoms. The predicted molar refractivity (Wildman–Crippen MR) is 65.0 cm³/mol. The molecule has 0 aliphatic carbocycles. The third-order valence-corrected chi connectivity index (χ3v) is 2.66. The van der Waals surface area contributed by atoms with Crippen LogP contribution in [0.2, 0.25) is 0 Å². The molecule has 0 radical (unpaired) electrons. The molecule has 1 unspecified atom stereocenters. The Kier molecular flexibility index (Phi) is 7.78. The van der Waals surface area contributed by atoms with E-state index < -0.39 is 11.8 Å². The largest absolute Gasteiger partial charge is 0.335 e. The number of unbranched alkanes of at least 4 members (excludes halogenated alkanes) is 1. The summed E-state index contributed by atoms with van der Waals surface area (Å²) in [5.74, 6) is -1.23. The van der Waals surface area contributed by atoms with Crippen molar-refractivity contribution in [1.82, 2.24) is 10.2 Å². The van der Waals surface area contributed by atoms with Crippen LogP contribution in [0, 0.1) is 11.3 Å². The molecule has 0 spiro atoms. The van der Waals surface area contributed by atoms with Gasteiger partial charge in [-0.1, -0.05) is 20.3 Å². The lowest BCUT2D eigenvalue weighted by Gasteiger charge is -2.27. The summed E-state index contributed by atoms with van der Waals surface area (Å²) in [5.41, 5.74) is 0. The van der Waals surface area contributed by atoms with Crippen molar-refractivity contribution in [2.75, 3.05) is 13.1 Å². The van der Waals surface area contributed by atoms with E-state index >= 15 is 0 Å². The Labute approximate surface area is 103 Å². The highest BCUT2D eigenvalue weighted by atomic mass is 16.2. The molecule has 96 valence electrons. The smallest absolute Gasteiger partial charge is 0.312 e. The molecule has 1 atom stereocenters. The van der Waals surface area contributed by atoms with Crippen molar-refractivity contribution in [3.63, 3.8) is 0 Å². The summed E-state index contributed by atoms with van der Waals surface area (Å²) in [7, 11) is 0. The van der Waals surface area contributed by atoms with Gasteiger partial charge in [-0.3, -0.25) is 9.59 Å². The van der Waals surface area contributed by atoms with E-state index in [4.69, 9.17) is 5.26 Å². The highest BCUT2D eigenvalue weighted by Crippen LogP contribution is 2.06. The first kappa shape index (κ1) is 15.4. The highest BCUT2D eigenvalue weighted by molar-refractivity contribution is 6.35. The molecule has 0 bridgehead atoms. The molecule has 1 N–H and O–H groups in total. The Morgan fingerprint density at radius 2 is 2.06 bits per heavy atom. The predicted octanol–water partition coefficient (Wildman–Crippen LogP) is 1.05. The van der Waals surface area contributed by atoms with Gasteiger partial charge in [-0.15, -0.1) is 0 Å². The van der Waals surface area contributed by atoms with Crippen LogP contribution in [0.15, 0.2) is 0 Å².